The van der Waals surface area contributed by atoms with Crippen LogP contribution in [-0.4, -0.2) is 24.0 Å². The van der Waals surface area contributed by atoms with Gasteiger partial charge in [0, 0.05) is 11.6 Å². The molecule has 1 aromatic heterocycles. The number of esters is 1. The third-order valence-electron chi connectivity index (χ3n) is 3.45. The van der Waals surface area contributed by atoms with Gasteiger partial charge in [-0.05, 0) is 31.2 Å². The van der Waals surface area contributed by atoms with Gasteiger partial charge < -0.3 is 9.15 Å². The maximum Gasteiger partial charge on any atom is 0.315 e. The summed E-state index contributed by atoms with van der Waals surface area (Å²) in [5, 5.41) is 10.3. The number of ether oxygens (including phenoxy) is 1. The van der Waals surface area contributed by atoms with E-state index in [0.29, 0.717) is 22.9 Å². The van der Waals surface area contributed by atoms with Crippen LogP contribution in [0.25, 0.3) is 0 Å². The van der Waals surface area contributed by atoms with E-state index in [1.54, 1.807) is 32.4 Å². The van der Waals surface area contributed by atoms with Gasteiger partial charge in [0.15, 0.2) is 0 Å². The van der Waals surface area contributed by atoms with Crippen molar-refractivity contribution in [2.45, 2.75) is 26.7 Å². The molecule has 116 valence electrons. The Hall–Kier alpha value is -2.00. The maximum atomic E-state index is 12.4. The van der Waals surface area contributed by atoms with Crippen LogP contribution in [0.3, 0.4) is 0 Å². The van der Waals surface area contributed by atoms with Gasteiger partial charge in [0.1, 0.15) is 10.9 Å². The SMILES string of the molecule is CCOC(=O)C1C(C)=NC(SCC)=C(C#N)[C@@H]1c1ccoc1. The molecule has 1 aromatic rings. The van der Waals surface area contributed by atoms with Crippen molar-refractivity contribution < 1.29 is 13.9 Å². The first-order chi connectivity index (χ1) is 10.6. The molecule has 0 spiro atoms. The molecule has 6 heteroatoms. The highest BCUT2D eigenvalue weighted by atomic mass is 32.2. The molecule has 5 nitrogen and oxygen atoms in total. The lowest BCUT2D eigenvalue weighted by Gasteiger charge is -2.29. The first kappa shape index (κ1) is 16.4. The molecule has 1 unspecified atom stereocenters. The van der Waals surface area contributed by atoms with Crippen LogP contribution >= 0.6 is 11.8 Å². The Balaban J connectivity index is 2.54. The molecule has 0 saturated heterocycles. The Bertz CT molecular complexity index is 641. The number of allylic oxidation sites excluding steroid dienone is 1. The summed E-state index contributed by atoms with van der Waals surface area (Å²) >= 11 is 1.50. The zero-order chi connectivity index (χ0) is 16.1. The average molecular weight is 318 g/mol. The molecule has 2 rings (SSSR count). The van der Waals surface area contributed by atoms with Gasteiger partial charge in [-0.1, -0.05) is 6.92 Å². The third kappa shape index (κ3) is 3.09. The van der Waals surface area contributed by atoms with Crippen molar-refractivity contribution in [2.24, 2.45) is 10.9 Å². The molecule has 22 heavy (non-hydrogen) atoms. The third-order valence-corrected chi connectivity index (χ3v) is 4.32. The van der Waals surface area contributed by atoms with E-state index in [2.05, 4.69) is 11.1 Å². The van der Waals surface area contributed by atoms with Gasteiger partial charge >= 0.3 is 5.97 Å². The molecular weight excluding hydrogens is 300 g/mol. The summed E-state index contributed by atoms with van der Waals surface area (Å²) in [5.41, 5.74) is 1.95. The van der Waals surface area contributed by atoms with Crippen molar-refractivity contribution in [3.63, 3.8) is 0 Å². The number of hydrogen-bond donors (Lipinski definition) is 0. The molecule has 0 radical (unpaired) electrons. The lowest BCUT2D eigenvalue weighted by molar-refractivity contribution is -0.146. The first-order valence-electron chi connectivity index (χ1n) is 7.14. The highest BCUT2D eigenvalue weighted by Gasteiger charge is 2.40. The van der Waals surface area contributed by atoms with Crippen molar-refractivity contribution in [1.82, 2.24) is 0 Å². The molecule has 0 aromatic carbocycles. The second kappa shape index (κ2) is 7.32. The summed E-state index contributed by atoms with van der Waals surface area (Å²) < 4.78 is 10.3. The lowest BCUT2D eigenvalue weighted by atomic mass is 9.78. The zero-order valence-electron chi connectivity index (χ0n) is 12.8. The Morgan fingerprint density at radius 2 is 2.32 bits per heavy atom. The van der Waals surface area contributed by atoms with E-state index in [0.717, 1.165) is 11.3 Å². The Kier molecular flexibility index (Phi) is 5.45. The number of thioether (sulfide) groups is 1. The molecular formula is C16H18N2O3S. The summed E-state index contributed by atoms with van der Waals surface area (Å²) in [7, 11) is 0. The van der Waals surface area contributed by atoms with Gasteiger partial charge in [0.25, 0.3) is 0 Å². The van der Waals surface area contributed by atoms with Crippen LogP contribution in [0.4, 0.5) is 0 Å². The van der Waals surface area contributed by atoms with E-state index >= 15 is 0 Å². The van der Waals surface area contributed by atoms with Crippen LogP contribution in [-0.2, 0) is 9.53 Å². The van der Waals surface area contributed by atoms with Crippen molar-refractivity contribution in [3.05, 3.63) is 34.8 Å². The van der Waals surface area contributed by atoms with Gasteiger partial charge in [-0.15, -0.1) is 11.8 Å². The second-order valence-electron chi connectivity index (χ2n) is 4.78. The summed E-state index contributed by atoms with van der Waals surface area (Å²) in [4.78, 5) is 16.8. The largest absolute Gasteiger partial charge is 0.472 e. The monoisotopic (exact) mass is 318 g/mol. The van der Waals surface area contributed by atoms with Crippen molar-refractivity contribution >= 4 is 23.4 Å². The van der Waals surface area contributed by atoms with Gasteiger partial charge in [-0.25, -0.2) is 4.99 Å². The number of nitriles is 1. The summed E-state index contributed by atoms with van der Waals surface area (Å²) in [6.07, 6.45) is 3.11. The fraction of sp³-hybridized carbons (Fsp3) is 0.438. The zero-order valence-corrected chi connectivity index (χ0v) is 13.6. The van der Waals surface area contributed by atoms with Crippen LogP contribution < -0.4 is 0 Å². The molecule has 0 fully saturated rings. The number of rotatable bonds is 5. The predicted molar refractivity (Wildman–Crippen MR) is 85.5 cm³/mol. The predicted octanol–water partition coefficient (Wildman–Crippen LogP) is 3.51. The van der Waals surface area contributed by atoms with E-state index in [-0.39, 0.29) is 5.97 Å². The fourth-order valence-electron chi connectivity index (χ4n) is 2.54. The maximum absolute atomic E-state index is 12.4. The van der Waals surface area contributed by atoms with Crippen LogP contribution in [0, 0.1) is 17.2 Å². The Labute approximate surface area is 134 Å². The fourth-order valence-corrected chi connectivity index (χ4v) is 3.35. The van der Waals surface area contributed by atoms with Gasteiger partial charge in [0.05, 0.1) is 30.8 Å². The lowest BCUT2D eigenvalue weighted by Crippen LogP contribution is -2.34. The van der Waals surface area contributed by atoms with Crippen molar-refractivity contribution in [1.29, 1.82) is 5.26 Å². The highest BCUT2D eigenvalue weighted by Crippen LogP contribution is 2.42. The standard InChI is InChI=1S/C16H18N2O3S/c1-4-21-16(19)13-10(3)18-15(22-5-2)12(8-17)14(13)11-6-7-20-9-11/h6-7,9,13-14H,4-5H2,1-3H3/t13?,14-/m0/s1. The molecule has 0 bridgehead atoms. The number of nitrogens with zero attached hydrogens (tertiary/aromatic N) is 2. The molecule has 1 aliphatic heterocycles. The first-order valence-corrected chi connectivity index (χ1v) is 8.13. The minimum absolute atomic E-state index is 0.295. The number of carbonyl (C=O) groups excluding carboxylic acids is 1. The molecule has 0 N–H and O–H groups in total. The van der Waals surface area contributed by atoms with Crippen molar-refractivity contribution in [2.75, 3.05) is 12.4 Å². The van der Waals surface area contributed by atoms with Crippen LogP contribution in [0.5, 0.6) is 0 Å². The molecule has 2 heterocycles. The topological polar surface area (TPSA) is 75.6 Å². The number of hydrogen-bond acceptors (Lipinski definition) is 6. The Morgan fingerprint density at radius 1 is 1.55 bits per heavy atom. The van der Waals surface area contributed by atoms with Crippen LogP contribution in [0.2, 0.25) is 0 Å². The van der Waals surface area contributed by atoms with Gasteiger partial charge in [0.2, 0.25) is 0 Å². The quantitative estimate of drug-likeness (QED) is 0.777. The number of aliphatic imine (C=N–C) groups is 1. The van der Waals surface area contributed by atoms with E-state index < -0.39 is 11.8 Å². The van der Waals surface area contributed by atoms with E-state index in [1.165, 1.54) is 11.8 Å². The van der Waals surface area contributed by atoms with E-state index in [9.17, 15) is 10.1 Å². The number of furan rings is 1. The normalized spacial score (nSPS) is 21.3. The Morgan fingerprint density at radius 3 is 2.86 bits per heavy atom. The van der Waals surface area contributed by atoms with Crippen LogP contribution in [0.1, 0.15) is 32.3 Å². The van der Waals surface area contributed by atoms with Crippen LogP contribution in [0.15, 0.2) is 38.6 Å². The second-order valence-corrected chi connectivity index (χ2v) is 6.03. The molecule has 1 aliphatic rings. The highest BCUT2D eigenvalue weighted by molar-refractivity contribution is 8.03. The van der Waals surface area contributed by atoms with Gasteiger partial charge in [-0.2, -0.15) is 5.26 Å². The molecule has 2 atom stereocenters. The minimum atomic E-state index is -0.589. The molecule has 0 aliphatic carbocycles. The molecule has 0 amide bonds. The average Bonchev–Trinajstić information content (AvgIpc) is 3.01. The smallest absolute Gasteiger partial charge is 0.315 e. The van der Waals surface area contributed by atoms with Gasteiger partial charge in [-0.3, -0.25) is 4.79 Å². The summed E-state index contributed by atoms with van der Waals surface area (Å²) in [6.45, 7) is 5.86. The van der Waals surface area contributed by atoms with E-state index in [1.807, 2.05) is 6.92 Å². The summed E-state index contributed by atoms with van der Waals surface area (Å²) in [6, 6.07) is 4.01. The summed E-state index contributed by atoms with van der Waals surface area (Å²) in [5.74, 6) is -0.551. The van der Waals surface area contributed by atoms with E-state index in [4.69, 9.17) is 9.15 Å². The van der Waals surface area contributed by atoms with Crippen molar-refractivity contribution in [3.8, 4) is 6.07 Å². The minimum Gasteiger partial charge on any atom is -0.472 e. The molecule has 0 saturated carbocycles. The number of carbonyl (C=O) groups is 1.